The highest BCUT2D eigenvalue weighted by atomic mass is 16.5. The number of carbonyl (C=O) groups excluding carboxylic acids is 1. The number of nitrogens with zero attached hydrogens (tertiary/aromatic N) is 3. The molecule has 0 atom stereocenters. The summed E-state index contributed by atoms with van der Waals surface area (Å²) < 4.78 is 5.49. The molecule has 1 N–H and O–H groups in total. The number of Topliss-reactive ketones (excluding diaryl/α,β-unsaturated/α-hetero) is 1. The van der Waals surface area contributed by atoms with Crippen LogP contribution in [0.5, 0.6) is 0 Å². The van der Waals surface area contributed by atoms with Crippen LogP contribution in [0.3, 0.4) is 0 Å². The Balaban J connectivity index is 1.46. The second kappa shape index (κ2) is 8.12. The van der Waals surface area contributed by atoms with Gasteiger partial charge < -0.3 is 4.74 Å². The Kier molecular flexibility index (Phi) is 5.42. The van der Waals surface area contributed by atoms with E-state index in [1.807, 2.05) is 54.6 Å². The van der Waals surface area contributed by atoms with Crippen molar-refractivity contribution in [3.8, 4) is 0 Å². The maximum absolute atomic E-state index is 12.1. The van der Waals surface area contributed by atoms with Crippen molar-refractivity contribution in [1.29, 1.82) is 0 Å². The van der Waals surface area contributed by atoms with Crippen molar-refractivity contribution in [2.24, 2.45) is 0 Å². The van der Waals surface area contributed by atoms with Gasteiger partial charge in [-0.25, -0.2) is 0 Å². The molecule has 0 unspecified atom stereocenters. The average Bonchev–Trinajstić information content (AvgIpc) is 3.15. The van der Waals surface area contributed by atoms with Crippen molar-refractivity contribution in [2.75, 3.05) is 6.61 Å². The number of carbonyl (C=O) groups is 1. The van der Waals surface area contributed by atoms with Crippen molar-refractivity contribution in [3.05, 3.63) is 77.1 Å². The zero-order chi connectivity index (χ0) is 16.6. The fourth-order valence-electron chi connectivity index (χ4n) is 2.32. The Morgan fingerprint density at radius 2 is 1.75 bits per heavy atom. The molecule has 122 valence electrons. The predicted octanol–water partition coefficient (Wildman–Crippen LogP) is 2.38. The van der Waals surface area contributed by atoms with Gasteiger partial charge in [-0.05, 0) is 17.5 Å². The van der Waals surface area contributed by atoms with Gasteiger partial charge in [-0.2, -0.15) is 5.21 Å². The quantitative estimate of drug-likeness (QED) is 0.644. The number of benzene rings is 2. The van der Waals surface area contributed by atoms with E-state index >= 15 is 0 Å². The third kappa shape index (κ3) is 4.57. The van der Waals surface area contributed by atoms with Crippen molar-refractivity contribution in [3.63, 3.8) is 0 Å². The molecule has 0 bridgehead atoms. The van der Waals surface area contributed by atoms with Crippen LogP contribution < -0.4 is 0 Å². The molecular weight excluding hydrogens is 304 g/mol. The molecule has 0 fully saturated rings. The molecule has 0 radical (unpaired) electrons. The van der Waals surface area contributed by atoms with E-state index in [1.54, 1.807) is 0 Å². The minimum atomic E-state index is -0.0179. The molecule has 0 aliphatic rings. The van der Waals surface area contributed by atoms with Crippen LogP contribution in [0.15, 0.2) is 54.6 Å². The zero-order valence-electron chi connectivity index (χ0n) is 13.2. The molecule has 6 nitrogen and oxygen atoms in total. The van der Waals surface area contributed by atoms with E-state index in [0.717, 1.165) is 17.5 Å². The van der Waals surface area contributed by atoms with E-state index in [4.69, 9.17) is 4.74 Å². The van der Waals surface area contributed by atoms with Gasteiger partial charge in [-0.15, -0.1) is 10.2 Å². The second-order valence-corrected chi connectivity index (χ2v) is 5.43. The lowest BCUT2D eigenvalue weighted by Gasteiger charge is -2.05. The lowest BCUT2D eigenvalue weighted by Crippen LogP contribution is -2.09. The molecule has 0 amide bonds. The van der Waals surface area contributed by atoms with Crippen LogP contribution >= 0.6 is 0 Å². The first-order valence-corrected chi connectivity index (χ1v) is 7.77. The Bertz CT molecular complexity index is 755. The highest BCUT2D eigenvalue weighted by Gasteiger charge is 2.07. The maximum atomic E-state index is 12.1. The highest BCUT2D eigenvalue weighted by Crippen LogP contribution is 2.09. The van der Waals surface area contributed by atoms with Crippen LogP contribution in [0.1, 0.15) is 27.3 Å². The van der Waals surface area contributed by atoms with Gasteiger partial charge in [0.15, 0.2) is 11.6 Å². The van der Waals surface area contributed by atoms with Crippen molar-refractivity contribution in [2.45, 2.75) is 19.4 Å². The van der Waals surface area contributed by atoms with Crippen molar-refractivity contribution >= 4 is 5.78 Å². The van der Waals surface area contributed by atoms with E-state index < -0.39 is 0 Å². The fraction of sp³-hybridized carbons (Fsp3) is 0.222. The molecule has 0 aliphatic heterocycles. The Hall–Kier alpha value is -2.86. The van der Waals surface area contributed by atoms with Crippen LogP contribution in [0, 0.1) is 0 Å². The van der Waals surface area contributed by atoms with Crippen LogP contribution in [0.2, 0.25) is 0 Å². The standard InChI is InChI=1S/C18H18N4O2/c23-17(13-24-12-15-4-2-1-3-5-15)16-9-6-14(7-10-16)8-11-18-19-21-22-20-18/h1-7,9-10H,8,11-13H2,(H,19,20,21,22). The molecular formula is C18H18N4O2. The van der Waals surface area contributed by atoms with Crippen LogP contribution in [0.4, 0.5) is 0 Å². The summed E-state index contributed by atoms with van der Waals surface area (Å²) in [5.74, 6) is 0.667. The smallest absolute Gasteiger partial charge is 0.188 e. The van der Waals surface area contributed by atoms with Gasteiger partial charge in [-0.1, -0.05) is 59.8 Å². The number of H-pyrrole nitrogens is 1. The normalized spacial score (nSPS) is 10.7. The Morgan fingerprint density at radius 1 is 0.958 bits per heavy atom. The predicted molar refractivity (Wildman–Crippen MR) is 88.5 cm³/mol. The molecule has 0 spiro atoms. The molecule has 1 aromatic heterocycles. The van der Waals surface area contributed by atoms with Gasteiger partial charge in [0.1, 0.15) is 6.61 Å². The molecule has 0 saturated heterocycles. The van der Waals surface area contributed by atoms with Gasteiger partial charge in [0.25, 0.3) is 0 Å². The maximum Gasteiger partial charge on any atom is 0.188 e. The minimum absolute atomic E-state index is 0.0179. The molecule has 3 aromatic rings. The summed E-state index contributed by atoms with van der Waals surface area (Å²) in [7, 11) is 0. The van der Waals surface area contributed by atoms with E-state index in [-0.39, 0.29) is 12.4 Å². The van der Waals surface area contributed by atoms with Crippen molar-refractivity contribution < 1.29 is 9.53 Å². The first-order valence-electron chi connectivity index (χ1n) is 7.77. The number of aromatic nitrogens is 4. The monoisotopic (exact) mass is 322 g/mol. The summed E-state index contributed by atoms with van der Waals surface area (Å²) in [5, 5.41) is 13.8. The topological polar surface area (TPSA) is 80.8 Å². The van der Waals surface area contributed by atoms with Crippen LogP contribution in [0.25, 0.3) is 0 Å². The molecule has 24 heavy (non-hydrogen) atoms. The first kappa shape index (κ1) is 16.0. The molecule has 1 heterocycles. The number of hydrogen-bond acceptors (Lipinski definition) is 5. The number of aromatic amines is 1. The average molecular weight is 322 g/mol. The summed E-state index contributed by atoms with van der Waals surface area (Å²) in [5.41, 5.74) is 2.84. The molecule has 3 rings (SSSR count). The summed E-state index contributed by atoms with van der Waals surface area (Å²) in [6, 6.07) is 17.4. The SMILES string of the molecule is O=C(COCc1ccccc1)c1ccc(CCc2nn[nH]n2)cc1. The number of nitrogens with one attached hydrogen (secondary N) is 1. The lowest BCUT2D eigenvalue weighted by atomic mass is 10.1. The van der Waals surface area contributed by atoms with Gasteiger partial charge >= 0.3 is 0 Å². The number of ether oxygens (including phenoxy) is 1. The second-order valence-electron chi connectivity index (χ2n) is 5.43. The third-order valence-corrected chi connectivity index (χ3v) is 3.65. The Labute approximate surface area is 139 Å². The number of ketones is 1. The number of rotatable bonds is 8. The zero-order valence-corrected chi connectivity index (χ0v) is 13.2. The van der Waals surface area contributed by atoms with Crippen LogP contribution in [-0.2, 0) is 24.2 Å². The van der Waals surface area contributed by atoms with E-state index in [0.29, 0.717) is 24.4 Å². The minimum Gasteiger partial charge on any atom is -0.369 e. The largest absolute Gasteiger partial charge is 0.369 e. The summed E-state index contributed by atoms with van der Waals surface area (Å²) in [4.78, 5) is 12.1. The highest BCUT2D eigenvalue weighted by molar-refractivity contribution is 5.97. The van der Waals surface area contributed by atoms with E-state index in [2.05, 4.69) is 20.6 Å². The number of aryl methyl sites for hydroxylation is 2. The van der Waals surface area contributed by atoms with Gasteiger partial charge in [0.05, 0.1) is 6.61 Å². The summed E-state index contributed by atoms with van der Waals surface area (Å²) >= 11 is 0. The van der Waals surface area contributed by atoms with Crippen molar-refractivity contribution in [1.82, 2.24) is 20.6 Å². The first-order chi connectivity index (χ1) is 11.8. The molecule has 0 aliphatic carbocycles. The van der Waals surface area contributed by atoms with Gasteiger partial charge in [0, 0.05) is 12.0 Å². The number of hydrogen-bond donors (Lipinski definition) is 1. The molecule has 2 aromatic carbocycles. The Morgan fingerprint density at radius 3 is 2.46 bits per heavy atom. The third-order valence-electron chi connectivity index (χ3n) is 3.65. The van der Waals surface area contributed by atoms with Gasteiger partial charge in [-0.3, -0.25) is 4.79 Å². The van der Waals surface area contributed by atoms with Gasteiger partial charge in [0.2, 0.25) is 0 Å². The summed E-state index contributed by atoms with van der Waals surface area (Å²) in [6.45, 7) is 0.520. The fourth-order valence-corrected chi connectivity index (χ4v) is 2.32. The summed E-state index contributed by atoms with van der Waals surface area (Å²) in [6.07, 6.45) is 1.52. The van der Waals surface area contributed by atoms with Crippen LogP contribution in [-0.4, -0.2) is 33.0 Å². The molecule has 0 saturated carbocycles. The van der Waals surface area contributed by atoms with E-state index in [9.17, 15) is 4.79 Å². The van der Waals surface area contributed by atoms with E-state index in [1.165, 1.54) is 0 Å². The lowest BCUT2D eigenvalue weighted by molar-refractivity contribution is 0.0726. The molecule has 6 heteroatoms. The number of tetrazole rings is 1.